The zero-order valence-corrected chi connectivity index (χ0v) is 18.4. The fraction of sp³-hybridized carbons (Fsp3) is 0.250. The number of hydrogen-bond donors (Lipinski definition) is 1. The molecule has 1 aromatic carbocycles. The summed E-state index contributed by atoms with van der Waals surface area (Å²) >= 11 is 0. The molecule has 0 aliphatic carbocycles. The van der Waals surface area contributed by atoms with Crippen molar-refractivity contribution in [3.8, 4) is 11.8 Å². The van der Waals surface area contributed by atoms with Crippen molar-refractivity contribution in [1.29, 1.82) is 0 Å². The lowest BCUT2D eigenvalue weighted by Gasteiger charge is -2.24. The van der Waals surface area contributed by atoms with Gasteiger partial charge in [0.1, 0.15) is 6.10 Å². The fourth-order valence-electron chi connectivity index (χ4n) is 3.14. The highest BCUT2D eigenvalue weighted by molar-refractivity contribution is 5.94. The summed E-state index contributed by atoms with van der Waals surface area (Å²) in [6.45, 7) is -2.87. The predicted octanol–water partition coefficient (Wildman–Crippen LogP) is 2.26. The van der Waals surface area contributed by atoms with Crippen molar-refractivity contribution in [2.75, 3.05) is 20.1 Å². The van der Waals surface area contributed by atoms with E-state index in [1.165, 1.54) is 23.5 Å². The van der Waals surface area contributed by atoms with Crippen molar-refractivity contribution in [3.63, 3.8) is 0 Å². The van der Waals surface area contributed by atoms with Gasteiger partial charge in [-0.2, -0.15) is 13.9 Å². The molecule has 0 spiro atoms. The molecular formula is C24H23F2N5O3. The Morgan fingerprint density at radius 1 is 1.15 bits per heavy atom. The first-order chi connectivity index (χ1) is 16.4. The Labute approximate surface area is 195 Å². The molecule has 1 amide bonds. The van der Waals surface area contributed by atoms with E-state index >= 15 is 0 Å². The van der Waals surface area contributed by atoms with E-state index in [9.17, 15) is 18.4 Å². The van der Waals surface area contributed by atoms with Crippen molar-refractivity contribution in [2.45, 2.75) is 19.1 Å². The first-order valence-corrected chi connectivity index (χ1v) is 10.3. The molecule has 10 heteroatoms. The molecule has 0 aliphatic heterocycles. The van der Waals surface area contributed by atoms with Gasteiger partial charge in [-0.3, -0.25) is 14.6 Å². The topological polar surface area (TPSA) is 103 Å². The minimum Gasteiger partial charge on any atom is -0.459 e. The molecule has 2 heterocycles. The Bertz CT molecular complexity index is 1190. The summed E-state index contributed by atoms with van der Waals surface area (Å²) in [5.41, 5.74) is 7.35. The van der Waals surface area contributed by atoms with Gasteiger partial charge in [-0.05, 0) is 11.6 Å². The third-order valence-corrected chi connectivity index (χ3v) is 4.73. The van der Waals surface area contributed by atoms with Crippen LogP contribution < -0.4 is 5.73 Å². The first kappa shape index (κ1) is 24.5. The number of benzene rings is 1. The molecule has 1 unspecified atom stereocenters. The van der Waals surface area contributed by atoms with Gasteiger partial charge in [0.25, 0.3) is 5.91 Å². The van der Waals surface area contributed by atoms with Crippen LogP contribution in [0, 0.1) is 11.8 Å². The molecule has 0 radical (unpaired) electrons. The van der Waals surface area contributed by atoms with E-state index in [0.717, 1.165) is 11.8 Å². The minimum atomic E-state index is -2.75. The molecule has 2 aromatic heterocycles. The monoisotopic (exact) mass is 467 g/mol. The lowest BCUT2D eigenvalue weighted by atomic mass is 10.1. The number of hydrogen-bond acceptors (Lipinski definition) is 6. The van der Waals surface area contributed by atoms with Crippen molar-refractivity contribution >= 4 is 11.9 Å². The number of alkyl halides is 2. The second-order valence-electron chi connectivity index (χ2n) is 7.39. The van der Waals surface area contributed by atoms with Crippen LogP contribution >= 0.6 is 0 Å². The summed E-state index contributed by atoms with van der Waals surface area (Å²) in [5.74, 6) is 4.60. The molecule has 34 heavy (non-hydrogen) atoms. The summed E-state index contributed by atoms with van der Waals surface area (Å²) in [4.78, 5) is 30.2. The predicted molar refractivity (Wildman–Crippen MR) is 120 cm³/mol. The largest absolute Gasteiger partial charge is 0.459 e. The molecular weight excluding hydrogens is 444 g/mol. The molecule has 3 aromatic rings. The molecule has 1 atom stereocenters. The highest BCUT2D eigenvalue weighted by atomic mass is 19.3. The van der Waals surface area contributed by atoms with Gasteiger partial charge in [-0.1, -0.05) is 42.2 Å². The number of amides is 1. The average molecular weight is 467 g/mol. The number of aromatic nitrogens is 3. The minimum absolute atomic E-state index is 0.141. The highest BCUT2D eigenvalue weighted by Crippen LogP contribution is 2.12. The zero-order chi connectivity index (χ0) is 24.5. The van der Waals surface area contributed by atoms with Crippen molar-refractivity contribution in [2.24, 2.45) is 5.73 Å². The van der Waals surface area contributed by atoms with Crippen LogP contribution in [-0.4, -0.2) is 57.8 Å². The van der Waals surface area contributed by atoms with E-state index in [4.69, 9.17) is 10.5 Å². The normalized spacial score (nSPS) is 11.4. The number of rotatable bonds is 8. The van der Waals surface area contributed by atoms with E-state index in [1.807, 2.05) is 30.3 Å². The van der Waals surface area contributed by atoms with E-state index in [2.05, 4.69) is 21.9 Å². The molecule has 0 saturated heterocycles. The van der Waals surface area contributed by atoms with Crippen LogP contribution in [0.4, 0.5) is 8.78 Å². The Balaban J connectivity index is 1.71. The summed E-state index contributed by atoms with van der Waals surface area (Å²) in [6.07, 6.45) is 5.04. The number of carbonyl (C=O) groups excluding carboxylic acids is 2. The molecule has 2 N–H and O–H groups in total. The average Bonchev–Trinajstić information content (AvgIpc) is 3.32. The number of esters is 1. The van der Waals surface area contributed by atoms with Crippen molar-refractivity contribution in [1.82, 2.24) is 19.7 Å². The van der Waals surface area contributed by atoms with Gasteiger partial charge in [0, 0.05) is 37.6 Å². The van der Waals surface area contributed by atoms with E-state index in [-0.39, 0.29) is 24.6 Å². The van der Waals surface area contributed by atoms with Gasteiger partial charge in [-0.25, -0.2) is 4.68 Å². The van der Waals surface area contributed by atoms with Crippen molar-refractivity contribution in [3.05, 3.63) is 83.4 Å². The summed E-state index contributed by atoms with van der Waals surface area (Å²) in [7, 11) is 1.59. The smallest absolute Gasteiger partial charge is 0.333 e. The molecule has 8 nitrogen and oxygen atoms in total. The Hall–Kier alpha value is -4.10. The molecule has 0 saturated carbocycles. The number of carbonyl (C=O) groups is 2. The summed E-state index contributed by atoms with van der Waals surface area (Å²) < 4.78 is 31.2. The Morgan fingerprint density at radius 3 is 2.56 bits per heavy atom. The summed E-state index contributed by atoms with van der Waals surface area (Å²) in [5, 5.41) is 3.53. The van der Waals surface area contributed by atoms with E-state index in [1.54, 1.807) is 13.1 Å². The van der Waals surface area contributed by atoms with Crippen LogP contribution in [0.1, 0.15) is 33.6 Å². The fourth-order valence-corrected chi connectivity index (χ4v) is 3.14. The highest BCUT2D eigenvalue weighted by Gasteiger charge is 2.21. The number of ether oxygens (including phenoxy) is 1. The number of nitrogens with zero attached hydrogens (tertiary/aromatic N) is 4. The molecule has 0 aliphatic rings. The quantitative estimate of drug-likeness (QED) is 0.403. The standard InChI is InChI=1S/C24H23F2N5O3/c1-30(16-21(34-22(32)11-27)10-17-5-3-2-4-6-17)23(33)20-9-18(12-28-14-20)7-8-19-13-29-31(15-19)24(25)26/h2-6,9,12-15,21,24H,10-11,16,27H2,1H3. The third kappa shape index (κ3) is 6.95. The van der Waals surface area contributed by atoms with Crippen LogP contribution in [0.25, 0.3) is 0 Å². The lowest BCUT2D eigenvalue weighted by molar-refractivity contribution is -0.147. The number of likely N-dealkylation sites (N-methyl/N-ethyl adjacent to an activating group) is 1. The maximum atomic E-state index is 13.0. The van der Waals surface area contributed by atoms with Crippen LogP contribution in [-0.2, 0) is 16.0 Å². The van der Waals surface area contributed by atoms with Gasteiger partial charge in [0.15, 0.2) is 0 Å². The SMILES string of the molecule is CN(CC(Cc1ccccc1)OC(=O)CN)C(=O)c1cncc(C#Cc2cnn(C(F)F)c2)c1. The van der Waals surface area contributed by atoms with Gasteiger partial charge < -0.3 is 15.4 Å². The van der Waals surface area contributed by atoms with Crippen LogP contribution in [0.2, 0.25) is 0 Å². The van der Waals surface area contributed by atoms with Gasteiger partial charge in [-0.15, -0.1) is 0 Å². The molecule has 0 fully saturated rings. The zero-order valence-electron chi connectivity index (χ0n) is 18.4. The number of nitrogens with two attached hydrogens (primary N) is 1. The number of halogens is 2. The molecule has 3 rings (SSSR count). The maximum absolute atomic E-state index is 13.0. The van der Waals surface area contributed by atoms with Gasteiger partial charge in [0.2, 0.25) is 0 Å². The number of pyridine rings is 1. The van der Waals surface area contributed by atoms with E-state index in [0.29, 0.717) is 22.2 Å². The summed E-state index contributed by atoms with van der Waals surface area (Å²) in [6, 6.07) is 11.0. The molecule has 0 bridgehead atoms. The second kappa shape index (κ2) is 11.7. The second-order valence-corrected chi connectivity index (χ2v) is 7.39. The van der Waals surface area contributed by atoms with E-state index < -0.39 is 18.6 Å². The van der Waals surface area contributed by atoms with Crippen molar-refractivity contribution < 1.29 is 23.1 Å². The van der Waals surface area contributed by atoms with Gasteiger partial charge >= 0.3 is 12.5 Å². The van der Waals surface area contributed by atoms with Crippen LogP contribution in [0.15, 0.2) is 61.2 Å². The molecule has 176 valence electrons. The third-order valence-electron chi connectivity index (χ3n) is 4.73. The Kier molecular flexibility index (Phi) is 8.43. The Morgan fingerprint density at radius 2 is 1.88 bits per heavy atom. The maximum Gasteiger partial charge on any atom is 0.333 e. The van der Waals surface area contributed by atoms with Crippen LogP contribution in [0.3, 0.4) is 0 Å². The van der Waals surface area contributed by atoms with Crippen LogP contribution in [0.5, 0.6) is 0 Å². The van der Waals surface area contributed by atoms with Gasteiger partial charge in [0.05, 0.1) is 30.4 Å². The lowest BCUT2D eigenvalue weighted by Crippen LogP contribution is -2.38. The first-order valence-electron chi connectivity index (χ1n) is 10.3.